The third kappa shape index (κ3) is 4.69. The van der Waals surface area contributed by atoms with Crippen molar-refractivity contribution in [3.05, 3.63) is 58.0 Å². The number of rotatable bonds is 5. The van der Waals surface area contributed by atoms with Gasteiger partial charge in [-0.3, -0.25) is 9.69 Å². The molecule has 5 nitrogen and oxygen atoms in total. The van der Waals surface area contributed by atoms with Gasteiger partial charge in [0.05, 0.1) is 17.7 Å². The number of amidine groups is 1. The minimum Gasteiger partial charge on any atom is -0.504 e. The maximum atomic E-state index is 13.0. The highest BCUT2D eigenvalue weighted by molar-refractivity contribution is 8.18. The number of hydrogen-bond acceptors (Lipinski definition) is 5. The largest absolute Gasteiger partial charge is 0.504 e. The van der Waals surface area contributed by atoms with Gasteiger partial charge in [0.15, 0.2) is 16.7 Å². The number of phenolic OH excluding ortho intramolecular Hbond substituents is 1. The molecule has 0 aliphatic carbocycles. The summed E-state index contributed by atoms with van der Waals surface area (Å²) < 4.78 is 5.06. The molecular weight excluding hydrogens is 396 g/mol. The zero-order valence-corrected chi connectivity index (χ0v) is 17.4. The van der Waals surface area contributed by atoms with Gasteiger partial charge in [0.25, 0.3) is 5.91 Å². The van der Waals surface area contributed by atoms with Crippen LogP contribution in [0.1, 0.15) is 19.4 Å². The van der Waals surface area contributed by atoms with E-state index in [4.69, 9.17) is 16.3 Å². The van der Waals surface area contributed by atoms with Crippen LogP contribution in [-0.4, -0.2) is 34.7 Å². The molecule has 0 saturated carbocycles. The summed E-state index contributed by atoms with van der Waals surface area (Å²) in [5, 5.41) is 11.2. The number of phenols is 1. The van der Waals surface area contributed by atoms with E-state index in [0.717, 1.165) is 5.69 Å². The topological polar surface area (TPSA) is 62.1 Å². The van der Waals surface area contributed by atoms with Crippen molar-refractivity contribution >= 4 is 46.2 Å². The molecule has 0 bridgehead atoms. The lowest BCUT2D eigenvalue weighted by Gasteiger charge is -2.17. The van der Waals surface area contributed by atoms with E-state index in [0.29, 0.717) is 38.9 Å². The monoisotopic (exact) mass is 416 g/mol. The Bertz CT molecular complexity index is 939. The van der Waals surface area contributed by atoms with Crippen molar-refractivity contribution in [1.29, 1.82) is 0 Å². The van der Waals surface area contributed by atoms with E-state index >= 15 is 0 Å². The number of aromatic hydroxyl groups is 1. The lowest BCUT2D eigenvalue weighted by atomic mass is 10.1. The second-order valence-corrected chi connectivity index (χ2v) is 8.17. The molecule has 1 heterocycles. The number of halogens is 1. The van der Waals surface area contributed by atoms with Crippen LogP contribution in [0.3, 0.4) is 0 Å². The van der Waals surface area contributed by atoms with Crippen LogP contribution in [0.15, 0.2) is 52.4 Å². The van der Waals surface area contributed by atoms with Gasteiger partial charge in [0.2, 0.25) is 0 Å². The van der Waals surface area contributed by atoms with Crippen molar-refractivity contribution in [1.82, 2.24) is 4.90 Å². The minimum absolute atomic E-state index is 0.0291. The number of amides is 1. The number of methoxy groups -OCH3 is 1. The SMILES string of the molecule is COc1ccc(/C=C2\SC(=Nc3ccc(Cl)cc3)N(CC(C)C)C2=O)cc1O. The molecule has 0 atom stereocenters. The average molecular weight is 417 g/mol. The number of ether oxygens (including phenoxy) is 1. The molecule has 2 aromatic carbocycles. The Kier molecular flexibility index (Phi) is 6.31. The average Bonchev–Trinajstić information content (AvgIpc) is 2.92. The zero-order valence-electron chi connectivity index (χ0n) is 15.8. The summed E-state index contributed by atoms with van der Waals surface area (Å²) in [6.07, 6.45) is 1.75. The molecule has 0 aromatic heterocycles. The fraction of sp³-hybridized carbons (Fsp3) is 0.238. The molecule has 7 heteroatoms. The summed E-state index contributed by atoms with van der Waals surface area (Å²) in [5.74, 6) is 0.617. The van der Waals surface area contributed by atoms with Gasteiger partial charge in [-0.25, -0.2) is 4.99 Å². The predicted molar refractivity (Wildman–Crippen MR) is 115 cm³/mol. The summed E-state index contributed by atoms with van der Waals surface area (Å²) in [6, 6.07) is 12.2. The Labute approximate surface area is 173 Å². The van der Waals surface area contributed by atoms with E-state index < -0.39 is 0 Å². The maximum Gasteiger partial charge on any atom is 0.266 e. The summed E-state index contributed by atoms with van der Waals surface area (Å²) >= 11 is 7.26. The van der Waals surface area contributed by atoms with Crippen molar-refractivity contribution in [3.63, 3.8) is 0 Å². The van der Waals surface area contributed by atoms with Gasteiger partial charge in [-0.2, -0.15) is 0 Å². The van der Waals surface area contributed by atoms with Crippen LogP contribution in [0.25, 0.3) is 6.08 Å². The highest BCUT2D eigenvalue weighted by atomic mass is 35.5. The van der Waals surface area contributed by atoms with Crippen molar-refractivity contribution < 1.29 is 14.6 Å². The molecule has 28 heavy (non-hydrogen) atoms. The van der Waals surface area contributed by atoms with Gasteiger partial charge < -0.3 is 9.84 Å². The molecule has 0 unspecified atom stereocenters. The maximum absolute atomic E-state index is 13.0. The molecule has 1 aliphatic rings. The first-order valence-corrected chi connectivity index (χ1v) is 9.99. The van der Waals surface area contributed by atoms with E-state index in [-0.39, 0.29) is 11.7 Å². The van der Waals surface area contributed by atoms with Crippen LogP contribution in [0.5, 0.6) is 11.5 Å². The standard InChI is InChI=1S/C21H21ClN2O3S/c1-13(2)12-24-20(26)19(11-14-4-9-18(27-3)17(25)10-14)28-21(24)23-16-7-5-15(22)6-8-16/h4-11,13,25H,12H2,1-3H3/b19-11-,23-21?. The van der Waals surface area contributed by atoms with E-state index in [1.54, 1.807) is 41.3 Å². The second kappa shape index (κ2) is 8.71. The van der Waals surface area contributed by atoms with Gasteiger partial charge in [-0.15, -0.1) is 0 Å². The number of carbonyl (C=O) groups is 1. The number of benzene rings is 2. The fourth-order valence-electron chi connectivity index (χ4n) is 2.69. The normalized spacial score (nSPS) is 17.2. The first-order chi connectivity index (χ1) is 13.4. The van der Waals surface area contributed by atoms with Gasteiger partial charge in [0.1, 0.15) is 0 Å². The lowest BCUT2D eigenvalue weighted by Crippen LogP contribution is -2.32. The Morgan fingerprint density at radius 1 is 1.25 bits per heavy atom. The molecule has 146 valence electrons. The van der Waals surface area contributed by atoms with Crippen LogP contribution in [-0.2, 0) is 4.79 Å². The molecule has 2 aromatic rings. The Morgan fingerprint density at radius 3 is 2.57 bits per heavy atom. The molecule has 1 amide bonds. The molecule has 0 spiro atoms. The second-order valence-electron chi connectivity index (χ2n) is 6.72. The van der Waals surface area contributed by atoms with Crippen LogP contribution in [0.2, 0.25) is 5.02 Å². The highest BCUT2D eigenvalue weighted by Crippen LogP contribution is 2.36. The number of carbonyl (C=O) groups excluding carboxylic acids is 1. The van der Waals surface area contributed by atoms with Crippen molar-refractivity contribution in [3.8, 4) is 11.5 Å². The smallest absolute Gasteiger partial charge is 0.266 e. The van der Waals surface area contributed by atoms with Gasteiger partial charge in [0, 0.05) is 11.6 Å². The predicted octanol–water partition coefficient (Wildman–Crippen LogP) is 5.31. The van der Waals surface area contributed by atoms with Gasteiger partial charge >= 0.3 is 0 Å². The minimum atomic E-state index is -0.0956. The molecule has 1 N–H and O–H groups in total. The third-order valence-electron chi connectivity index (χ3n) is 3.99. The van der Waals surface area contributed by atoms with Crippen molar-refractivity contribution in [2.45, 2.75) is 13.8 Å². The van der Waals surface area contributed by atoms with E-state index in [1.165, 1.54) is 18.9 Å². The first kappa shape index (κ1) is 20.3. The Morgan fingerprint density at radius 2 is 1.96 bits per heavy atom. The van der Waals surface area contributed by atoms with Gasteiger partial charge in [-0.1, -0.05) is 31.5 Å². The Balaban J connectivity index is 1.94. The zero-order chi connectivity index (χ0) is 20.3. The Hall–Kier alpha value is -2.44. The third-order valence-corrected chi connectivity index (χ3v) is 5.25. The lowest BCUT2D eigenvalue weighted by molar-refractivity contribution is -0.122. The van der Waals surface area contributed by atoms with E-state index in [2.05, 4.69) is 18.8 Å². The molecule has 1 aliphatic heterocycles. The molecule has 3 rings (SSSR count). The summed E-state index contributed by atoms with van der Waals surface area (Å²) in [6.45, 7) is 4.69. The van der Waals surface area contributed by atoms with Crippen molar-refractivity contribution in [2.24, 2.45) is 10.9 Å². The quantitative estimate of drug-likeness (QED) is 0.670. The summed E-state index contributed by atoms with van der Waals surface area (Å²) in [5.41, 5.74) is 1.45. The van der Waals surface area contributed by atoms with E-state index in [9.17, 15) is 9.90 Å². The first-order valence-electron chi connectivity index (χ1n) is 8.80. The number of aliphatic imine (C=N–C) groups is 1. The molecular formula is C21H21ClN2O3S. The van der Waals surface area contributed by atoms with Crippen LogP contribution < -0.4 is 4.74 Å². The van der Waals surface area contributed by atoms with Crippen molar-refractivity contribution in [2.75, 3.05) is 13.7 Å². The fourth-order valence-corrected chi connectivity index (χ4v) is 3.83. The van der Waals surface area contributed by atoms with Crippen LogP contribution in [0.4, 0.5) is 5.69 Å². The van der Waals surface area contributed by atoms with E-state index in [1.807, 2.05) is 12.1 Å². The van der Waals surface area contributed by atoms with Gasteiger partial charge in [-0.05, 0) is 65.7 Å². The molecule has 1 saturated heterocycles. The summed E-state index contributed by atoms with van der Waals surface area (Å²) in [7, 11) is 1.49. The van der Waals surface area contributed by atoms with Crippen LogP contribution in [0, 0.1) is 5.92 Å². The number of thioether (sulfide) groups is 1. The highest BCUT2D eigenvalue weighted by Gasteiger charge is 2.33. The summed E-state index contributed by atoms with van der Waals surface area (Å²) in [4.78, 5) is 19.8. The number of nitrogens with zero attached hydrogens (tertiary/aromatic N) is 2. The molecule has 0 radical (unpaired) electrons. The number of hydrogen-bond donors (Lipinski definition) is 1. The molecule has 1 fully saturated rings. The van der Waals surface area contributed by atoms with Crippen LogP contribution >= 0.6 is 23.4 Å².